The number of carboxylic acids is 1. The Hall–Kier alpha value is -1.94. The van der Waals surface area contributed by atoms with Crippen molar-refractivity contribution in [2.75, 3.05) is 6.54 Å². The molecule has 3 N–H and O–H groups in total. The second-order valence-corrected chi connectivity index (χ2v) is 3.99. The first-order chi connectivity index (χ1) is 8.20. The van der Waals surface area contributed by atoms with Gasteiger partial charge >= 0.3 is 5.97 Å². The smallest absolute Gasteiger partial charge is 0.304 e. The van der Waals surface area contributed by atoms with Gasteiger partial charge in [0.05, 0.1) is 11.9 Å². The van der Waals surface area contributed by atoms with Crippen molar-refractivity contribution in [1.82, 2.24) is 4.98 Å². The van der Waals surface area contributed by atoms with Crippen LogP contribution >= 0.6 is 0 Å². The first-order valence-electron chi connectivity index (χ1n) is 5.47. The van der Waals surface area contributed by atoms with Crippen molar-refractivity contribution in [3.05, 3.63) is 42.1 Å². The van der Waals surface area contributed by atoms with E-state index in [2.05, 4.69) is 4.98 Å². The number of hydrogen-bond donors (Lipinski definition) is 2. The molecule has 88 valence electrons. The zero-order valence-electron chi connectivity index (χ0n) is 9.34. The van der Waals surface area contributed by atoms with Gasteiger partial charge in [-0.15, -0.1) is 0 Å². The Labute approximate surface area is 99.1 Å². The van der Waals surface area contributed by atoms with Gasteiger partial charge in [0.2, 0.25) is 0 Å². The van der Waals surface area contributed by atoms with Crippen LogP contribution in [0, 0.1) is 0 Å². The molecule has 0 saturated carbocycles. The summed E-state index contributed by atoms with van der Waals surface area (Å²) >= 11 is 0. The molecule has 0 spiro atoms. The molecule has 0 amide bonds. The summed E-state index contributed by atoms with van der Waals surface area (Å²) in [5.74, 6) is -0.986. The molecule has 0 fully saturated rings. The summed E-state index contributed by atoms with van der Waals surface area (Å²) < 4.78 is 0. The van der Waals surface area contributed by atoms with Gasteiger partial charge < -0.3 is 10.8 Å². The van der Waals surface area contributed by atoms with Gasteiger partial charge in [-0.2, -0.15) is 0 Å². The minimum absolute atomic E-state index is 0.0504. The molecule has 1 aromatic heterocycles. The number of carboxylic acid groups (broad SMARTS) is 1. The summed E-state index contributed by atoms with van der Waals surface area (Å²) in [6, 6.07) is 9.63. The normalized spacial score (nSPS) is 12.5. The van der Waals surface area contributed by atoms with Crippen molar-refractivity contribution in [2.24, 2.45) is 5.73 Å². The van der Waals surface area contributed by atoms with Crippen molar-refractivity contribution < 1.29 is 9.90 Å². The first kappa shape index (κ1) is 11.5. The molecule has 0 aliphatic rings. The van der Waals surface area contributed by atoms with Gasteiger partial charge in [-0.05, 0) is 24.2 Å². The lowest BCUT2D eigenvalue weighted by Gasteiger charge is -2.13. The number of benzene rings is 1. The van der Waals surface area contributed by atoms with Gasteiger partial charge in [0.25, 0.3) is 0 Å². The van der Waals surface area contributed by atoms with E-state index >= 15 is 0 Å². The van der Waals surface area contributed by atoms with E-state index in [1.165, 1.54) is 0 Å². The third kappa shape index (κ3) is 2.60. The Morgan fingerprint density at radius 3 is 2.94 bits per heavy atom. The Kier molecular flexibility index (Phi) is 3.35. The molecule has 17 heavy (non-hydrogen) atoms. The van der Waals surface area contributed by atoms with Crippen LogP contribution in [0.15, 0.2) is 36.5 Å². The fraction of sp³-hybridized carbons (Fsp3) is 0.231. The zero-order chi connectivity index (χ0) is 12.3. The van der Waals surface area contributed by atoms with Crippen LogP contribution < -0.4 is 5.73 Å². The molecule has 1 heterocycles. The maximum atomic E-state index is 10.7. The summed E-state index contributed by atoms with van der Waals surface area (Å²) in [5, 5.41) is 9.86. The van der Waals surface area contributed by atoms with Crippen molar-refractivity contribution >= 4 is 16.9 Å². The lowest BCUT2D eigenvalue weighted by molar-refractivity contribution is -0.137. The molecule has 4 heteroatoms. The molecule has 1 aromatic carbocycles. The third-order valence-electron chi connectivity index (χ3n) is 2.81. The van der Waals surface area contributed by atoms with Crippen LogP contribution in [-0.4, -0.2) is 22.6 Å². The van der Waals surface area contributed by atoms with Crippen molar-refractivity contribution in [3.63, 3.8) is 0 Å². The van der Waals surface area contributed by atoms with Crippen LogP contribution in [0.3, 0.4) is 0 Å². The molecule has 0 aliphatic carbocycles. The first-order valence-corrected chi connectivity index (χ1v) is 5.47. The molecule has 1 unspecified atom stereocenters. The number of rotatable bonds is 4. The maximum Gasteiger partial charge on any atom is 0.304 e. The van der Waals surface area contributed by atoms with E-state index in [0.29, 0.717) is 6.54 Å². The average Bonchev–Trinajstić information content (AvgIpc) is 2.35. The number of pyridine rings is 1. The topological polar surface area (TPSA) is 76.2 Å². The van der Waals surface area contributed by atoms with E-state index < -0.39 is 5.97 Å². The Balaban J connectivity index is 2.37. The van der Waals surface area contributed by atoms with E-state index in [0.717, 1.165) is 16.5 Å². The fourth-order valence-corrected chi connectivity index (χ4v) is 1.89. The van der Waals surface area contributed by atoms with Crippen LogP contribution in [0.5, 0.6) is 0 Å². The summed E-state index contributed by atoms with van der Waals surface area (Å²) in [6.07, 6.45) is 1.77. The van der Waals surface area contributed by atoms with E-state index in [-0.39, 0.29) is 12.3 Å². The molecule has 0 saturated heterocycles. The van der Waals surface area contributed by atoms with Crippen molar-refractivity contribution in [1.29, 1.82) is 0 Å². The minimum Gasteiger partial charge on any atom is -0.481 e. The summed E-state index contributed by atoms with van der Waals surface area (Å²) in [6.45, 7) is 0.324. The van der Waals surface area contributed by atoms with Crippen LogP contribution in [0.1, 0.15) is 17.9 Å². The highest BCUT2D eigenvalue weighted by Crippen LogP contribution is 2.22. The van der Waals surface area contributed by atoms with Gasteiger partial charge in [-0.3, -0.25) is 9.78 Å². The number of nitrogens with zero attached hydrogens (tertiary/aromatic N) is 1. The van der Waals surface area contributed by atoms with Crippen molar-refractivity contribution in [3.8, 4) is 0 Å². The summed E-state index contributed by atoms with van der Waals surface area (Å²) in [7, 11) is 0. The molecule has 0 radical (unpaired) electrons. The SMILES string of the molecule is NCC(CC(=O)O)c1ccc2cccnc2c1. The Bertz CT molecular complexity index is 540. The molecular formula is C13H14N2O2. The minimum atomic E-state index is -0.832. The second kappa shape index (κ2) is 4.93. The van der Waals surface area contributed by atoms with Crippen LogP contribution in [0.25, 0.3) is 10.9 Å². The third-order valence-corrected chi connectivity index (χ3v) is 2.81. The van der Waals surface area contributed by atoms with Gasteiger partial charge in [-0.1, -0.05) is 18.2 Å². The van der Waals surface area contributed by atoms with E-state index in [9.17, 15) is 4.79 Å². The van der Waals surface area contributed by atoms with Gasteiger partial charge in [0, 0.05) is 17.5 Å². The lowest BCUT2D eigenvalue weighted by Crippen LogP contribution is -2.16. The van der Waals surface area contributed by atoms with Gasteiger partial charge in [0.15, 0.2) is 0 Å². The van der Waals surface area contributed by atoms with Crippen LogP contribution in [0.4, 0.5) is 0 Å². The van der Waals surface area contributed by atoms with Gasteiger partial charge in [0.1, 0.15) is 0 Å². The highest BCUT2D eigenvalue weighted by molar-refractivity contribution is 5.79. The zero-order valence-corrected chi connectivity index (χ0v) is 9.34. The van der Waals surface area contributed by atoms with E-state index in [1.54, 1.807) is 6.20 Å². The van der Waals surface area contributed by atoms with Crippen LogP contribution in [-0.2, 0) is 4.79 Å². The molecular weight excluding hydrogens is 216 g/mol. The number of carbonyl (C=O) groups is 1. The number of aliphatic carboxylic acids is 1. The average molecular weight is 230 g/mol. The predicted octanol–water partition coefficient (Wildman–Crippen LogP) is 1.75. The largest absolute Gasteiger partial charge is 0.481 e. The molecule has 0 aliphatic heterocycles. The second-order valence-electron chi connectivity index (χ2n) is 3.99. The maximum absolute atomic E-state index is 10.7. The lowest BCUT2D eigenvalue weighted by atomic mass is 9.95. The van der Waals surface area contributed by atoms with Crippen molar-refractivity contribution in [2.45, 2.75) is 12.3 Å². The highest BCUT2D eigenvalue weighted by atomic mass is 16.4. The fourth-order valence-electron chi connectivity index (χ4n) is 1.89. The standard InChI is InChI=1S/C13H14N2O2/c14-8-11(7-13(16)17)10-4-3-9-2-1-5-15-12(9)6-10/h1-6,11H,7-8,14H2,(H,16,17). The number of aromatic nitrogens is 1. The molecule has 2 rings (SSSR count). The summed E-state index contributed by atoms with van der Waals surface area (Å²) in [5.41, 5.74) is 7.41. The molecule has 4 nitrogen and oxygen atoms in total. The predicted molar refractivity (Wildman–Crippen MR) is 65.8 cm³/mol. The number of nitrogens with two attached hydrogens (primary N) is 1. The van der Waals surface area contributed by atoms with Crippen LogP contribution in [0.2, 0.25) is 0 Å². The number of fused-ring (bicyclic) bond motifs is 1. The molecule has 0 bridgehead atoms. The molecule has 1 atom stereocenters. The Morgan fingerprint density at radius 2 is 2.24 bits per heavy atom. The quantitative estimate of drug-likeness (QED) is 0.839. The highest BCUT2D eigenvalue weighted by Gasteiger charge is 2.14. The van der Waals surface area contributed by atoms with E-state index in [4.69, 9.17) is 10.8 Å². The summed E-state index contributed by atoms with van der Waals surface area (Å²) in [4.78, 5) is 15.0. The van der Waals surface area contributed by atoms with E-state index in [1.807, 2.05) is 30.3 Å². The van der Waals surface area contributed by atoms with Gasteiger partial charge in [-0.25, -0.2) is 0 Å². The Morgan fingerprint density at radius 1 is 1.41 bits per heavy atom. The number of hydrogen-bond acceptors (Lipinski definition) is 3. The molecule has 2 aromatic rings. The monoisotopic (exact) mass is 230 g/mol.